The summed E-state index contributed by atoms with van der Waals surface area (Å²) in [5.74, 6) is 0. The van der Waals surface area contributed by atoms with E-state index in [1.54, 1.807) is 29.0 Å². The quantitative estimate of drug-likeness (QED) is 0.753. The highest BCUT2D eigenvalue weighted by molar-refractivity contribution is 6.38. The smallest absolute Gasteiger partial charge is 0.124 e. The van der Waals surface area contributed by atoms with Crippen molar-refractivity contribution in [1.29, 1.82) is 5.26 Å². The van der Waals surface area contributed by atoms with Crippen LogP contribution in [0.4, 0.5) is 0 Å². The van der Waals surface area contributed by atoms with Crippen LogP contribution in [0.2, 0.25) is 10.0 Å². The summed E-state index contributed by atoms with van der Waals surface area (Å²) in [5.41, 5.74) is 2.10. The van der Waals surface area contributed by atoms with Gasteiger partial charge in [0.25, 0.3) is 0 Å². The van der Waals surface area contributed by atoms with Crippen LogP contribution in [-0.4, -0.2) is 4.57 Å². The van der Waals surface area contributed by atoms with Crippen molar-refractivity contribution in [3.05, 3.63) is 51.8 Å². The first-order chi connectivity index (χ1) is 7.65. The molecule has 2 aromatic rings. The van der Waals surface area contributed by atoms with Gasteiger partial charge in [0.1, 0.15) is 11.8 Å². The summed E-state index contributed by atoms with van der Waals surface area (Å²) >= 11 is 12.3. The molecule has 16 heavy (non-hydrogen) atoms. The van der Waals surface area contributed by atoms with Gasteiger partial charge >= 0.3 is 0 Å². The standard InChI is InChI=1S/C12H8Cl2N2/c1-8-4-5-10(13)12(11(8)14)16-6-2-3-9(16)7-15/h2-6H,1H3. The highest BCUT2D eigenvalue weighted by atomic mass is 35.5. The van der Waals surface area contributed by atoms with Gasteiger partial charge in [-0.1, -0.05) is 29.3 Å². The molecular weight excluding hydrogens is 243 g/mol. The molecule has 0 amide bonds. The van der Waals surface area contributed by atoms with Gasteiger partial charge in [-0.3, -0.25) is 0 Å². The van der Waals surface area contributed by atoms with Crippen molar-refractivity contribution < 1.29 is 0 Å². The summed E-state index contributed by atoms with van der Waals surface area (Å²) in [4.78, 5) is 0. The van der Waals surface area contributed by atoms with Crippen molar-refractivity contribution in [2.24, 2.45) is 0 Å². The number of aromatic nitrogens is 1. The maximum Gasteiger partial charge on any atom is 0.124 e. The second-order valence-electron chi connectivity index (χ2n) is 3.40. The maximum absolute atomic E-state index is 8.96. The molecule has 1 aromatic carbocycles. The minimum absolute atomic E-state index is 0.509. The molecule has 4 heteroatoms. The molecule has 0 fully saturated rings. The van der Waals surface area contributed by atoms with Gasteiger partial charge in [0.15, 0.2) is 0 Å². The first kappa shape index (κ1) is 11.1. The number of rotatable bonds is 1. The monoisotopic (exact) mass is 250 g/mol. The van der Waals surface area contributed by atoms with E-state index in [1.165, 1.54) is 0 Å². The third-order valence-electron chi connectivity index (χ3n) is 2.36. The summed E-state index contributed by atoms with van der Waals surface area (Å²) in [6.45, 7) is 1.90. The summed E-state index contributed by atoms with van der Waals surface area (Å²) in [6.07, 6.45) is 1.77. The van der Waals surface area contributed by atoms with Crippen LogP contribution in [0.1, 0.15) is 11.3 Å². The summed E-state index contributed by atoms with van der Waals surface area (Å²) < 4.78 is 1.69. The number of nitriles is 1. The fourth-order valence-electron chi connectivity index (χ4n) is 1.53. The van der Waals surface area contributed by atoms with Gasteiger partial charge in [-0.2, -0.15) is 5.26 Å². The third-order valence-corrected chi connectivity index (χ3v) is 3.15. The highest BCUT2D eigenvalue weighted by Crippen LogP contribution is 2.32. The van der Waals surface area contributed by atoms with Gasteiger partial charge in [0.2, 0.25) is 0 Å². The van der Waals surface area contributed by atoms with Crippen molar-refractivity contribution in [1.82, 2.24) is 4.57 Å². The molecule has 0 aliphatic rings. The number of hydrogen-bond acceptors (Lipinski definition) is 1. The molecule has 1 aromatic heterocycles. The van der Waals surface area contributed by atoms with Gasteiger partial charge in [-0.25, -0.2) is 0 Å². The van der Waals surface area contributed by atoms with Crippen molar-refractivity contribution in [2.75, 3.05) is 0 Å². The number of benzene rings is 1. The molecule has 0 atom stereocenters. The number of hydrogen-bond donors (Lipinski definition) is 0. The van der Waals surface area contributed by atoms with Crippen LogP contribution in [0, 0.1) is 18.3 Å². The first-order valence-corrected chi connectivity index (χ1v) is 5.43. The average Bonchev–Trinajstić information content (AvgIpc) is 2.72. The maximum atomic E-state index is 8.96. The van der Waals surface area contributed by atoms with Gasteiger partial charge in [0.05, 0.1) is 15.7 Å². The Balaban J connectivity index is 2.74. The molecule has 0 unspecified atom stereocenters. The number of halogens is 2. The lowest BCUT2D eigenvalue weighted by Crippen LogP contribution is -1.98. The largest absolute Gasteiger partial charge is 0.305 e. The van der Waals surface area contributed by atoms with E-state index in [2.05, 4.69) is 6.07 Å². The zero-order valence-corrected chi connectivity index (χ0v) is 10.0. The molecule has 0 aliphatic heterocycles. The molecule has 2 rings (SSSR count). The van der Waals surface area contributed by atoms with E-state index in [-0.39, 0.29) is 0 Å². The lowest BCUT2D eigenvalue weighted by Gasteiger charge is -2.11. The normalized spacial score (nSPS) is 10.1. The Morgan fingerprint density at radius 2 is 2.00 bits per heavy atom. The number of nitrogens with zero attached hydrogens (tertiary/aromatic N) is 2. The molecule has 1 heterocycles. The zero-order chi connectivity index (χ0) is 11.7. The van der Waals surface area contributed by atoms with Crippen LogP contribution in [0.3, 0.4) is 0 Å². The second kappa shape index (κ2) is 4.21. The predicted octanol–water partition coefficient (Wildman–Crippen LogP) is 3.96. The van der Waals surface area contributed by atoms with Gasteiger partial charge in [-0.15, -0.1) is 0 Å². The molecule has 0 saturated heterocycles. The number of aryl methyl sites for hydroxylation is 1. The summed E-state index contributed by atoms with van der Waals surface area (Å²) in [7, 11) is 0. The van der Waals surface area contributed by atoms with Crippen molar-refractivity contribution in [3.8, 4) is 11.8 Å². The minimum Gasteiger partial charge on any atom is -0.305 e. The van der Waals surface area contributed by atoms with E-state index in [9.17, 15) is 0 Å². The lowest BCUT2D eigenvalue weighted by atomic mass is 10.2. The van der Waals surface area contributed by atoms with Crippen LogP contribution in [-0.2, 0) is 0 Å². The Bertz CT molecular complexity index is 579. The van der Waals surface area contributed by atoms with Crippen LogP contribution in [0.5, 0.6) is 0 Å². The van der Waals surface area contributed by atoms with Crippen LogP contribution in [0.15, 0.2) is 30.5 Å². The van der Waals surface area contributed by atoms with E-state index in [0.29, 0.717) is 21.4 Å². The van der Waals surface area contributed by atoms with Gasteiger partial charge in [-0.05, 0) is 30.7 Å². The van der Waals surface area contributed by atoms with E-state index >= 15 is 0 Å². The molecule has 0 radical (unpaired) electrons. The SMILES string of the molecule is Cc1ccc(Cl)c(-n2cccc2C#N)c1Cl. The Kier molecular flexibility index (Phi) is 2.91. The van der Waals surface area contributed by atoms with Crippen LogP contribution in [0.25, 0.3) is 5.69 Å². The Labute approximate surface area is 104 Å². The molecule has 2 nitrogen and oxygen atoms in total. The van der Waals surface area contributed by atoms with Crippen LogP contribution < -0.4 is 0 Å². The summed E-state index contributed by atoms with van der Waals surface area (Å²) in [5, 5.41) is 10.1. The van der Waals surface area contributed by atoms with Gasteiger partial charge < -0.3 is 4.57 Å². The Hall–Kier alpha value is -1.43. The molecule has 0 saturated carbocycles. The third kappa shape index (κ3) is 1.69. The fourth-order valence-corrected chi connectivity index (χ4v) is 2.08. The molecule has 0 spiro atoms. The Morgan fingerprint density at radius 1 is 1.25 bits per heavy atom. The van der Waals surface area contributed by atoms with Crippen molar-refractivity contribution in [2.45, 2.75) is 6.92 Å². The molecule has 0 N–H and O–H groups in total. The second-order valence-corrected chi connectivity index (χ2v) is 4.19. The highest BCUT2D eigenvalue weighted by Gasteiger charge is 2.12. The van der Waals surface area contributed by atoms with E-state index < -0.39 is 0 Å². The fraction of sp³-hybridized carbons (Fsp3) is 0.0833. The summed E-state index contributed by atoms with van der Waals surface area (Å²) in [6, 6.07) is 9.22. The molecule has 0 bridgehead atoms. The zero-order valence-electron chi connectivity index (χ0n) is 8.54. The predicted molar refractivity (Wildman–Crippen MR) is 65.2 cm³/mol. The van der Waals surface area contributed by atoms with Crippen molar-refractivity contribution >= 4 is 23.2 Å². The minimum atomic E-state index is 0.509. The lowest BCUT2D eigenvalue weighted by molar-refractivity contribution is 1.05. The van der Waals surface area contributed by atoms with E-state index in [0.717, 1.165) is 5.56 Å². The van der Waals surface area contributed by atoms with E-state index in [1.807, 2.05) is 13.0 Å². The Morgan fingerprint density at radius 3 is 2.69 bits per heavy atom. The molecular formula is C12H8Cl2N2. The molecule has 0 aliphatic carbocycles. The topological polar surface area (TPSA) is 28.7 Å². The first-order valence-electron chi connectivity index (χ1n) is 4.67. The van der Waals surface area contributed by atoms with Crippen molar-refractivity contribution in [3.63, 3.8) is 0 Å². The van der Waals surface area contributed by atoms with Gasteiger partial charge in [0, 0.05) is 6.20 Å². The van der Waals surface area contributed by atoms with E-state index in [4.69, 9.17) is 28.5 Å². The molecule has 80 valence electrons. The van der Waals surface area contributed by atoms with Crippen LogP contribution >= 0.6 is 23.2 Å². The average molecular weight is 251 g/mol.